The van der Waals surface area contributed by atoms with Crippen molar-refractivity contribution in [3.05, 3.63) is 24.0 Å². The minimum Gasteiger partial charge on any atom is -0.495 e. The molecule has 2 rings (SSSR count). The summed E-state index contributed by atoms with van der Waals surface area (Å²) in [6, 6.07) is 2.07. The first-order valence-corrected chi connectivity index (χ1v) is 5.55. The Hall–Kier alpha value is -1.42. The standard InChI is InChI=1S/C12H16N2O2/c1-16-11-5-9(7-13-8-11)12(15)6-10-3-2-4-14-10/h5,7-8,10,14H,2-4,6H2,1H3. The minimum atomic E-state index is 0.130. The number of pyridine rings is 1. The van der Waals surface area contributed by atoms with Crippen LogP contribution in [0.4, 0.5) is 0 Å². The van der Waals surface area contributed by atoms with Crippen LogP contribution in [0.25, 0.3) is 0 Å². The van der Waals surface area contributed by atoms with Crippen molar-refractivity contribution in [1.82, 2.24) is 10.3 Å². The fourth-order valence-corrected chi connectivity index (χ4v) is 1.96. The maximum atomic E-state index is 11.9. The number of aromatic nitrogens is 1. The number of Topliss-reactive ketones (excluding diaryl/α,β-unsaturated/α-hetero) is 1. The van der Waals surface area contributed by atoms with Gasteiger partial charge >= 0.3 is 0 Å². The quantitative estimate of drug-likeness (QED) is 0.780. The molecule has 0 radical (unpaired) electrons. The number of nitrogens with zero attached hydrogens (tertiary/aromatic N) is 1. The number of carbonyl (C=O) groups is 1. The van der Waals surface area contributed by atoms with Gasteiger partial charge < -0.3 is 10.1 Å². The molecule has 0 bridgehead atoms. The molecule has 2 heterocycles. The van der Waals surface area contributed by atoms with Crippen molar-refractivity contribution in [1.29, 1.82) is 0 Å². The van der Waals surface area contributed by atoms with Crippen molar-refractivity contribution >= 4 is 5.78 Å². The third-order valence-electron chi connectivity index (χ3n) is 2.87. The highest BCUT2D eigenvalue weighted by atomic mass is 16.5. The molecule has 1 atom stereocenters. The van der Waals surface area contributed by atoms with Gasteiger partial charge in [0, 0.05) is 24.2 Å². The van der Waals surface area contributed by atoms with Crippen LogP contribution in [0.15, 0.2) is 18.5 Å². The summed E-state index contributed by atoms with van der Waals surface area (Å²) in [5.74, 6) is 0.760. The predicted molar refractivity (Wildman–Crippen MR) is 60.8 cm³/mol. The van der Waals surface area contributed by atoms with E-state index < -0.39 is 0 Å². The summed E-state index contributed by atoms with van der Waals surface area (Å²) in [5.41, 5.74) is 0.632. The van der Waals surface area contributed by atoms with E-state index >= 15 is 0 Å². The summed E-state index contributed by atoms with van der Waals surface area (Å²) >= 11 is 0. The summed E-state index contributed by atoms with van der Waals surface area (Å²) in [5, 5.41) is 3.31. The van der Waals surface area contributed by atoms with Crippen LogP contribution in [0.5, 0.6) is 5.75 Å². The summed E-state index contributed by atoms with van der Waals surface area (Å²) in [6.07, 6.45) is 6.00. The zero-order chi connectivity index (χ0) is 11.4. The van der Waals surface area contributed by atoms with Gasteiger partial charge in [0.25, 0.3) is 0 Å². The van der Waals surface area contributed by atoms with Crippen LogP contribution < -0.4 is 10.1 Å². The van der Waals surface area contributed by atoms with E-state index in [1.807, 2.05) is 0 Å². The van der Waals surface area contributed by atoms with Gasteiger partial charge in [-0.15, -0.1) is 0 Å². The van der Waals surface area contributed by atoms with Gasteiger partial charge in [0.2, 0.25) is 0 Å². The molecule has 0 aromatic carbocycles. The summed E-state index contributed by atoms with van der Waals surface area (Å²) in [6.45, 7) is 1.02. The molecular formula is C12H16N2O2. The lowest BCUT2D eigenvalue weighted by Crippen LogP contribution is -2.24. The Bertz CT molecular complexity index is 373. The number of ketones is 1. The van der Waals surface area contributed by atoms with Crippen LogP contribution >= 0.6 is 0 Å². The third kappa shape index (κ3) is 2.58. The van der Waals surface area contributed by atoms with Crippen LogP contribution in [0.1, 0.15) is 29.6 Å². The molecule has 1 N–H and O–H groups in total. The van der Waals surface area contributed by atoms with Crippen LogP contribution in [-0.2, 0) is 0 Å². The van der Waals surface area contributed by atoms with E-state index in [1.165, 1.54) is 0 Å². The van der Waals surface area contributed by atoms with E-state index in [2.05, 4.69) is 10.3 Å². The van der Waals surface area contributed by atoms with Gasteiger partial charge in [-0.05, 0) is 25.5 Å². The van der Waals surface area contributed by atoms with Crippen molar-refractivity contribution in [2.75, 3.05) is 13.7 Å². The molecule has 1 aromatic rings. The highest BCUT2D eigenvalue weighted by Gasteiger charge is 2.18. The highest BCUT2D eigenvalue weighted by Crippen LogP contribution is 2.15. The van der Waals surface area contributed by atoms with E-state index in [1.54, 1.807) is 25.6 Å². The number of carbonyl (C=O) groups excluding carboxylic acids is 1. The van der Waals surface area contributed by atoms with Gasteiger partial charge in [0.15, 0.2) is 5.78 Å². The zero-order valence-corrected chi connectivity index (χ0v) is 9.40. The summed E-state index contributed by atoms with van der Waals surface area (Å²) < 4.78 is 5.04. The Labute approximate surface area is 95.0 Å². The SMILES string of the molecule is COc1cncc(C(=O)CC2CCCN2)c1. The van der Waals surface area contributed by atoms with Crippen LogP contribution in [0.3, 0.4) is 0 Å². The fraction of sp³-hybridized carbons (Fsp3) is 0.500. The Morgan fingerprint density at radius 3 is 3.19 bits per heavy atom. The van der Waals surface area contributed by atoms with Crippen LogP contribution in [0, 0.1) is 0 Å². The number of hydrogen-bond acceptors (Lipinski definition) is 4. The molecule has 1 aromatic heterocycles. The van der Waals surface area contributed by atoms with Gasteiger partial charge in [-0.25, -0.2) is 0 Å². The van der Waals surface area contributed by atoms with E-state index in [0.29, 0.717) is 23.8 Å². The van der Waals surface area contributed by atoms with Gasteiger partial charge in [-0.3, -0.25) is 9.78 Å². The molecule has 0 aliphatic carbocycles. The minimum absolute atomic E-state index is 0.130. The average molecular weight is 220 g/mol. The second kappa shape index (κ2) is 5.07. The number of ether oxygens (including phenoxy) is 1. The van der Waals surface area contributed by atoms with E-state index in [0.717, 1.165) is 19.4 Å². The Morgan fingerprint density at radius 2 is 2.50 bits per heavy atom. The molecule has 0 spiro atoms. The average Bonchev–Trinajstić information content (AvgIpc) is 2.82. The zero-order valence-electron chi connectivity index (χ0n) is 9.40. The van der Waals surface area contributed by atoms with Crippen LogP contribution in [0.2, 0.25) is 0 Å². The van der Waals surface area contributed by atoms with E-state index in [9.17, 15) is 4.79 Å². The second-order valence-electron chi connectivity index (χ2n) is 4.03. The lowest BCUT2D eigenvalue weighted by molar-refractivity contribution is 0.0971. The van der Waals surface area contributed by atoms with Crippen molar-refractivity contribution < 1.29 is 9.53 Å². The first kappa shape index (κ1) is 11.1. The normalized spacial score (nSPS) is 19.7. The number of rotatable bonds is 4. The van der Waals surface area contributed by atoms with Crippen molar-refractivity contribution in [3.8, 4) is 5.75 Å². The van der Waals surface area contributed by atoms with Gasteiger partial charge in [-0.1, -0.05) is 0 Å². The van der Waals surface area contributed by atoms with Gasteiger partial charge in [0.1, 0.15) is 5.75 Å². The molecule has 1 saturated heterocycles. The molecule has 1 fully saturated rings. The van der Waals surface area contributed by atoms with E-state index in [-0.39, 0.29) is 5.78 Å². The van der Waals surface area contributed by atoms with Crippen LogP contribution in [-0.4, -0.2) is 30.5 Å². The third-order valence-corrected chi connectivity index (χ3v) is 2.87. The molecule has 4 nitrogen and oxygen atoms in total. The lowest BCUT2D eigenvalue weighted by Gasteiger charge is -2.09. The molecule has 86 valence electrons. The number of methoxy groups -OCH3 is 1. The van der Waals surface area contributed by atoms with Crippen molar-refractivity contribution in [3.63, 3.8) is 0 Å². The van der Waals surface area contributed by atoms with Gasteiger partial charge in [0.05, 0.1) is 13.3 Å². The Morgan fingerprint density at radius 1 is 1.62 bits per heavy atom. The molecule has 0 amide bonds. The molecule has 4 heteroatoms. The topological polar surface area (TPSA) is 51.2 Å². The molecule has 0 saturated carbocycles. The maximum Gasteiger partial charge on any atom is 0.166 e. The largest absolute Gasteiger partial charge is 0.495 e. The predicted octanol–water partition coefficient (Wildman–Crippen LogP) is 1.41. The Balaban J connectivity index is 2.01. The monoisotopic (exact) mass is 220 g/mol. The maximum absolute atomic E-state index is 11.9. The molecule has 16 heavy (non-hydrogen) atoms. The second-order valence-corrected chi connectivity index (χ2v) is 4.03. The Kier molecular flexibility index (Phi) is 3.51. The number of nitrogens with one attached hydrogen (secondary N) is 1. The summed E-state index contributed by atoms with van der Waals surface area (Å²) in [4.78, 5) is 15.9. The lowest BCUT2D eigenvalue weighted by atomic mass is 10.0. The molecule has 1 aliphatic heterocycles. The van der Waals surface area contributed by atoms with Crippen molar-refractivity contribution in [2.24, 2.45) is 0 Å². The summed E-state index contributed by atoms with van der Waals surface area (Å²) in [7, 11) is 1.57. The van der Waals surface area contributed by atoms with Gasteiger partial charge in [-0.2, -0.15) is 0 Å². The first-order chi connectivity index (χ1) is 7.79. The van der Waals surface area contributed by atoms with E-state index in [4.69, 9.17) is 4.74 Å². The molecule has 1 aliphatic rings. The molecular weight excluding hydrogens is 204 g/mol. The first-order valence-electron chi connectivity index (χ1n) is 5.55. The number of hydrogen-bond donors (Lipinski definition) is 1. The molecule has 1 unspecified atom stereocenters. The smallest absolute Gasteiger partial charge is 0.166 e. The highest BCUT2D eigenvalue weighted by molar-refractivity contribution is 5.96. The fourth-order valence-electron chi connectivity index (χ4n) is 1.96. The van der Waals surface area contributed by atoms with Crippen molar-refractivity contribution in [2.45, 2.75) is 25.3 Å².